The number of oxazole rings is 1. The maximum Gasteiger partial charge on any atom is 0.227 e. The summed E-state index contributed by atoms with van der Waals surface area (Å²) in [5, 5.41) is 0.821. The Morgan fingerprint density at radius 2 is 2.00 bits per heavy atom. The van der Waals surface area contributed by atoms with Crippen LogP contribution in [0.25, 0.3) is 21.9 Å². The molecule has 0 bridgehead atoms. The van der Waals surface area contributed by atoms with Crippen LogP contribution in [0.1, 0.15) is 24.6 Å². The molecule has 0 spiro atoms. The van der Waals surface area contributed by atoms with Gasteiger partial charge in [-0.05, 0) is 18.1 Å². The monoisotopic (exact) mass is 304 g/mol. The van der Waals surface area contributed by atoms with E-state index < -0.39 is 0 Å². The Labute approximate surface area is 126 Å². The van der Waals surface area contributed by atoms with E-state index in [9.17, 15) is 0 Å². The van der Waals surface area contributed by atoms with E-state index in [4.69, 9.17) is 16.0 Å². The molecule has 0 unspecified atom stereocenters. The van der Waals surface area contributed by atoms with Crippen molar-refractivity contribution >= 4 is 22.9 Å². The molecule has 20 heavy (non-hydrogen) atoms. The fourth-order valence-electron chi connectivity index (χ4n) is 1.98. The number of hydrogen-bond acceptors (Lipinski definition) is 4. The zero-order valence-electron chi connectivity index (χ0n) is 11.1. The lowest BCUT2D eigenvalue weighted by molar-refractivity contribution is 0.574. The Bertz CT molecular complexity index is 719. The molecule has 0 N–H and O–H groups in total. The lowest BCUT2D eigenvalue weighted by Gasteiger charge is -2.01. The smallest absolute Gasteiger partial charge is 0.227 e. The van der Waals surface area contributed by atoms with Crippen molar-refractivity contribution in [2.45, 2.75) is 19.8 Å². The van der Waals surface area contributed by atoms with Gasteiger partial charge in [-0.2, -0.15) is 0 Å². The van der Waals surface area contributed by atoms with Crippen molar-refractivity contribution in [1.82, 2.24) is 9.97 Å². The minimum atomic E-state index is 0.420. The molecule has 3 heterocycles. The summed E-state index contributed by atoms with van der Waals surface area (Å²) in [6.45, 7) is 4.28. The molecule has 0 radical (unpaired) electrons. The van der Waals surface area contributed by atoms with Crippen LogP contribution in [0.2, 0.25) is 5.02 Å². The molecule has 3 aromatic rings. The number of halogens is 1. The van der Waals surface area contributed by atoms with Crippen LogP contribution < -0.4 is 0 Å². The van der Waals surface area contributed by atoms with Crippen LogP contribution in [0.3, 0.4) is 0 Å². The first-order valence-electron chi connectivity index (χ1n) is 6.29. The molecule has 5 heteroatoms. The molecule has 0 aliphatic carbocycles. The van der Waals surface area contributed by atoms with E-state index in [0.717, 1.165) is 21.0 Å². The molecule has 3 aromatic heterocycles. The largest absolute Gasteiger partial charge is 0.444 e. The van der Waals surface area contributed by atoms with Gasteiger partial charge in [-0.25, -0.2) is 4.98 Å². The number of rotatable bonds is 3. The maximum absolute atomic E-state index is 6.29. The summed E-state index contributed by atoms with van der Waals surface area (Å²) in [5.41, 5.74) is 1.89. The molecule has 0 aromatic carbocycles. The van der Waals surface area contributed by atoms with Gasteiger partial charge in [0, 0.05) is 27.7 Å². The summed E-state index contributed by atoms with van der Waals surface area (Å²) in [6.07, 6.45) is 6.76. The molecule has 0 aliphatic rings. The van der Waals surface area contributed by atoms with Crippen molar-refractivity contribution in [2.24, 2.45) is 0 Å². The summed E-state index contributed by atoms with van der Waals surface area (Å²) in [4.78, 5) is 10.7. The maximum atomic E-state index is 6.29. The van der Waals surface area contributed by atoms with Crippen molar-refractivity contribution in [3.05, 3.63) is 46.9 Å². The molecular formula is C15H13ClN2OS. The van der Waals surface area contributed by atoms with Crippen LogP contribution in [0.15, 0.2) is 41.4 Å². The second-order valence-electron chi connectivity index (χ2n) is 4.78. The Kier molecular flexibility index (Phi) is 3.59. The Hall–Kier alpha value is -1.65. The number of hydrogen-bond donors (Lipinski definition) is 0. The lowest BCUT2D eigenvalue weighted by Crippen LogP contribution is -1.82. The standard InChI is InChI=1S/C15H13ClN2OS/c1-9(2)14-12(16)6-13(20-14)10-5-11(8-17-7-10)15-18-3-4-19-15/h3-9H,1-2H3. The molecule has 0 amide bonds. The SMILES string of the molecule is CC(C)c1sc(-c2cncc(-c3ncco3)c2)cc1Cl. The van der Waals surface area contributed by atoms with Gasteiger partial charge < -0.3 is 4.42 Å². The topological polar surface area (TPSA) is 38.9 Å². The van der Waals surface area contributed by atoms with E-state index in [1.807, 2.05) is 18.3 Å². The van der Waals surface area contributed by atoms with Crippen molar-refractivity contribution in [2.75, 3.05) is 0 Å². The van der Waals surface area contributed by atoms with Gasteiger partial charge in [-0.1, -0.05) is 25.4 Å². The summed E-state index contributed by atoms with van der Waals surface area (Å²) < 4.78 is 5.30. The van der Waals surface area contributed by atoms with Crippen LogP contribution in [0, 0.1) is 0 Å². The highest BCUT2D eigenvalue weighted by atomic mass is 35.5. The predicted octanol–water partition coefficient (Wildman–Crippen LogP) is 5.24. The van der Waals surface area contributed by atoms with Crippen LogP contribution in [0.5, 0.6) is 0 Å². The summed E-state index contributed by atoms with van der Waals surface area (Å²) in [7, 11) is 0. The summed E-state index contributed by atoms with van der Waals surface area (Å²) >= 11 is 7.99. The molecule has 3 nitrogen and oxygen atoms in total. The average molecular weight is 305 g/mol. The normalized spacial score (nSPS) is 11.2. The zero-order chi connectivity index (χ0) is 14.1. The molecule has 0 saturated heterocycles. The minimum Gasteiger partial charge on any atom is -0.444 e. The van der Waals surface area contributed by atoms with Gasteiger partial charge in [0.2, 0.25) is 5.89 Å². The van der Waals surface area contributed by atoms with Crippen molar-refractivity contribution in [1.29, 1.82) is 0 Å². The number of aromatic nitrogens is 2. The highest BCUT2D eigenvalue weighted by Crippen LogP contribution is 2.38. The van der Waals surface area contributed by atoms with E-state index in [1.54, 1.807) is 30.0 Å². The van der Waals surface area contributed by atoms with Crippen LogP contribution in [-0.2, 0) is 0 Å². The Morgan fingerprint density at radius 1 is 1.20 bits per heavy atom. The van der Waals surface area contributed by atoms with Crippen molar-refractivity contribution < 1.29 is 4.42 Å². The van der Waals surface area contributed by atoms with Gasteiger partial charge in [0.15, 0.2) is 0 Å². The average Bonchev–Trinajstić information content (AvgIpc) is 3.08. The number of thiophene rings is 1. The van der Waals surface area contributed by atoms with E-state index in [0.29, 0.717) is 11.8 Å². The quantitative estimate of drug-likeness (QED) is 0.664. The van der Waals surface area contributed by atoms with Crippen LogP contribution in [-0.4, -0.2) is 9.97 Å². The second-order valence-corrected chi connectivity index (χ2v) is 6.27. The van der Waals surface area contributed by atoms with Gasteiger partial charge in [0.1, 0.15) is 6.26 Å². The van der Waals surface area contributed by atoms with E-state index in [2.05, 4.69) is 23.8 Å². The molecule has 3 rings (SSSR count). The molecule has 0 atom stereocenters. The third kappa shape index (κ3) is 2.49. The van der Waals surface area contributed by atoms with Gasteiger partial charge in [0.25, 0.3) is 0 Å². The molecule has 0 aliphatic heterocycles. The van der Waals surface area contributed by atoms with E-state index in [-0.39, 0.29) is 0 Å². The zero-order valence-corrected chi connectivity index (χ0v) is 12.7. The highest BCUT2D eigenvalue weighted by Gasteiger charge is 2.13. The Balaban J connectivity index is 2.03. The summed E-state index contributed by atoms with van der Waals surface area (Å²) in [6, 6.07) is 4.02. The Morgan fingerprint density at radius 3 is 2.65 bits per heavy atom. The minimum absolute atomic E-state index is 0.420. The van der Waals surface area contributed by atoms with E-state index in [1.165, 1.54) is 4.88 Å². The molecule has 0 fully saturated rings. The molecular weight excluding hydrogens is 292 g/mol. The van der Waals surface area contributed by atoms with Crippen molar-refractivity contribution in [3.63, 3.8) is 0 Å². The predicted molar refractivity (Wildman–Crippen MR) is 82.1 cm³/mol. The molecule has 0 saturated carbocycles. The molecule has 102 valence electrons. The third-order valence-electron chi connectivity index (χ3n) is 2.94. The van der Waals surface area contributed by atoms with Crippen LogP contribution in [0.4, 0.5) is 0 Å². The first kappa shape index (κ1) is 13.3. The van der Waals surface area contributed by atoms with Crippen molar-refractivity contribution in [3.8, 4) is 21.9 Å². The first-order chi connectivity index (χ1) is 9.65. The lowest BCUT2D eigenvalue weighted by atomic mass is 10.1. The van der Waals surface area contributed by atoms with Gasteiger partial charge in [-0.15, -0.1) is 11.3 Å². The first-order valence-corrected chi connectivity index (χ1v) is 7.49. The summed E-state index contributed by atoms with van der Waals surface area (Å²) in [5.74, 6) is 0.996. The second kappa shape index (κ2) is 5.38. The van der Waals surface area contributed by atoms with Crippen LogP contribution >= 0.6 is 22.9 Å². The fraction of sp³-hybridized carbons (Fsp3) is 0.200. The number of nitrogens with zero attached hydrogens (tertiary/aromatic N) is 2. The van der Waals surface area contributed by atoms with E-state index >= 15 is 0 Å². The number of pyridine rings is 1. The third-order valence-corrected chi connectivity index (χ3v) is 4.85. The van der Waals surface area contributed by atoms with Gasteiger partial charge >= 0.3 is 0 Å². The van der Waals surface area contributed by atoms with Gasteiger partial charge in [0.05, 0.1) is 16.8 Å². The van der Waals surface area contributed by atoms with Gasteiger partial charge in [-0.3, -0.25) is 4.98 Å². The highest BCUT2D eigenvalue weighted by molar-refractivity contribution is 7.16. The fourth-order valence-corrected chi connectivity index (χ4v) is 3.52.